The molecule has 0 radical (unpaired) electrons. The van der Waals surface area contributed by atoms with Crippen molar-refractivity contribution in [3.05, 3.63) is 64.9 Å². The Bertz CT molecular complexity index is 1030. The van der Waals surface area contributed by atoms with E-state index in [9.17, 15) is 0 Å². The number of para-hydroxylation sites is 1. The number of hydrogen-bond donors (Lipinski definition) is 1. The van der Waals surface area contributed by atoms with E-state index in [0.717, 1.165) is 78.8 Å². The third-order valence-electron chi connectivity index (χ3n) is 6.07. The highest BCUT2D eigenvalue weighted by Crippen LogP contribution is 2.29. The molecule has 2 heterocycles. The molecule has 7 heteroatoms. The topological polar surface area (TPSA) is 40.9 Å². The highest BCUT2D eigenvalue weighted by atomic mass is 35.5. The molecule has 0 aliphatic carbocycles. The number of nitrogens with zero attached hydrogens (tertiary/aromatic N) is 2. The SMILES string of the molecule is Cc1c(Cl)cccc1NC(=S)N(CCCN1CCOCC1)C(C)c1cc2ccccc2o1. The molecule has 5 nitrogen and oxygen atoms in total. The van der Waals surface area contributed by atoms with Crippen LogP contribution in [-0.2, 0) is 4.74 Å². The van der Waals surface area contributed by atoms with Crippen molar-refractivity contribution in [3.63, 3.8) is 0 Å². The van der Waals surface area contributed by atoms with Gasteiger partial charge in [-0.15, -0.1) is 0 Å². The van der Waals surface area contributed by atoms with E-state index in [0.29, 0.717) is 5.11 Å². The second kappa shape index (κ2) is 10.7. The highest BCUT2D eigenvalue weighted by Gasteiger charge is 2.23. The summed E-state index contributed by atoms with van der Waals surface area (Å²) in [6.45, 7) is 9.59. The maximum Gasteiger partial charge on any atom is 0.174 e. The van der Waals surface area contributed by atoms with Crippen molar-refractivity contribution in [1.29, 1.82) is 0 Å². The summed E-state index contributed by atoms with van der Waals surface area (Å²) in [5.41, 5.74) is 2.81. The van der Waals surface area contributed by atoms with Gasteiger partial charge in [0.2, 0.25) is 0 Å². The number of hydrogen-bond acceptors (Lipinski definition) is 4. The van der Waals surface area contributed by atoms with Crippen LogP contribution in [-0.4, -0.2) is 54.3 Å². The lowest BCUT2D eigenvalue weighted by molar-refractivity contribution is 0.0365. The number of anilines is 1. The van der Waals surface area contributed by atoms with Crippen LogP contribution in [0, 0.1) is 6.92 Å². The second-order valence-corrected chi connectivity index (χ2v) is 9.00. The molecule has 0 bridgehead atoms. The summed E-state index contributed by atoms with van der Waals surface area (Å²) in [5.74, 6) is 0.907. The molecule has 1 aromatic heterocycles. The van der Waals surface area contributed by atoms with E-state index in [1.165, 1.54) is 0 Å². The highest BCUT2D eigenvalue weighted by molar-refractivity contribution is 7.80. The monoisotopic (exact) mass is 471 g/mol. The van der Waals surface area contributed by atoms with E-state index in [1.807, 2.05) is 43.3 Å². The molecule has 1 aliphatic rings. The summed E-state index contributed by atoms with van der Waals surface area (Å²) >= 11 is 12.2. The molecule has 1 N–H and O–H groups in total. The minimum absolute atomic E-state index is 0.00780. The van der Waals surface area contributed by atoms with Crippen LogP contribution in [0.4, 0.5) is 5.69 Å². The van der Waals surface area contributed by atoms with Crippen molar-refractivity contribution in [2.45, 2.75) is 26.3 Å². The van der Waals surface area contributed by atoms with Gasteiger partial charge in [-0.25, -0.2) is 0 Å². The number of thiocarbonyl (C=S) groups is 1. The van der Waals surface area contributed by atoms with Crippen LogP contribution in [0.2, 0.25) is 5.02 Å². The van der Waals surface area contributed by atoms with Crippen molar-refractivity contribution in [2.75, 3.05) is 44.7 Å². The molecule has 1 aliphatic heterocycles. The van der Waals surface area contributed by atoms with Gasteiger partial charge in [0.15, 0.2) is 5.11 Å². The predicted molar refractivity (Wildman–Crippen MR) is 136 cm³/mol. The van der Waals surface area contributed by atoms with Crippen molar-refractivity contribution in [3.8, 4) is 0 Å². The van der Waals surface area contributed by atoms with Gasteiger partial charge in [-0.05, 0) is 62.3 Å². The maximum atomic E-state index is 6.32. The molecular weight excluding hydrogens is 442 g/mol. The first-order valence-electron chi connectivity index (χ1n) is 11.1. The number of benzene rings is 2. The fourth-order valence-electron chi connectivity index (χ4n) is 4.05. The van der Waals surface area contributed by atoms with Crippen LogP contribution in [0.25, 0.3) is 11.0 Å². The third-order valence-corrected chi connectivity index (χ3v) is 6.82. The number of nitrogens with one attached hydrogen (secondary N) is 1. The molecule has 1 atom stereocenters. The van der Waals surface area contributed by atoms with Crippen molar-refractivity contribution >= 4 is 45.6 Å². The van der Waals surface area contributed by atoms with Gasteiger partial charge in [-0.1, -0.05) is 35.9 Å². The standard InChI is InChI=1S/C25H30ClN3O2S/c1-18-21(26)8-5-9-22(18)27-25(32)29(12-6-11-28-13-15-30-16-14-28)19(2)24-17-20-7-3-4-10-23(20)31-24/h3-5,7-10,17,19H,6,11-16H2,1-2H3,(H,27,32). The van der Waals surface area contributed by atoms with Crippen molar-refractivity contribution in [2.24, 2.45) is 0 Å². The van der Waals surface area contributed by atoms with Gasteiger partial charge in [0, 0.05) is 42.3 Å². The molecule has 32 heavy (non-hydrogen) atoms. The van der Waals surface area contributed by atoms with Crippen LogP contribution in [0.15, 0.2) is 52.9 Å². The first-order chi connectivity index (χ1) is 15.5. The lowest BCUT2D eigenvalue weighted by atomic mass is 10.1. The summed E-state index contributed by atoms with van der Waals surface area (Å²) in [6.07, 6.45) is 1.00. The molecule has 0 spiro atoms. The molecule has 1 unspecified atom stereocenters. The molecule has 0 saturated carbocycles. The fraction of sp³-hybridized carbons (Fsp3) is 0.400. The van der Waals surface area contributed by atoms with Gasteiger partial charge in [0.25, 0.3) is 0 Å². The lowest BCUT2D eigenvalue weighted by Gasteiger charge is -2.33. The molecular formula is C25H30ClN3O2S. The Kier molecular flexibility index (Phi) is 7.68. The Morgan fingerprint density at radius 3 is 2.75 bits per heavy atom. The van der Waals surface area contributed by atoms with E-state index in [2.05, 4.69) is 34.2 Å². The number of fused-ring (bicyclic) bond motifs is 1. The molecule has 0 amide bonds. The molecule has 2 aromatic carbocycles. The summed E-state index contributed by atoms with van der Waals surface area (Å²) in [5, 5.41) is 5.92. The Morgan fingerprint density at radius 2 is 1.97 bits per heavy atom. The zero-order valence-electron chi connectivity index (χ0n) is 18.6. The molecule has 170 valence electrons. The lowest BCUT2D eigenvalue weighted by Crippen LogP contribution is -2.41. The average molecular weight is 472 g/mol. The van der Waals surface area contributed by atoms with E-state index in [-0.39, 0.29) is 6.04 Å². The zero-order chi connectivity index (χ0) is 22.5. The normalized spacial score (nSPS) is 15.6. The summed E-state index contributed by atoms with van der Waals surface area (Å²) in [6, 6.07) is 16.0. The van der Waals surface area contributed by atoms with Crippen LogP contribution in [0.5, 0.6) is 0 Å². The van der Waals surface area contributed by atoms with E-state index < -0.39 is 0 Å². The Morgan fingerprint density at radius 1 is 1.19 bits per heavy atom. The molecule has 4 rings (SSSR count). The zero-order valence-corrected chi connectivity index (χ0v) is 20.2. The van der Waals surface area contributed by atoms with Gasteiger partial charge in [0.1, 0.15) is 11.3 Å². The van der Waals surface area contributed by atoms with E-state index in [4.69, 9.17) is 33.0 Å². The average Bonchev–Trinajstić information content (AvgIpc) is 3.24. The van der Waals surface area contributed by atoms with Crippen LogP contribution in [0.1, 0.15) is 30.7 Å². The quantitative estimate of drug-likeness (QED) is 0.434. The summed E-state index contributed by atoms with van der Waals surface area (Å²) in [7, 11) is 0. The number of ether oxygens (including phenoxy) is 1. The number of furan rings is 1. The molecule has 3 aromatic rings. The van der Waals surface area contributed by atoms with Gasteiger partial charge >= 0.3 is 0 Å². The summed E-state index contributed by atoms with van der Waals surface area (Å²) in [4.78, 5) is 4.67. The smallest absolute Gasteiger partial charge is 0.174 e. The first-order valence-corrected chi connectivity index (χ1v) is 11.9. The van der Waals surface area contributed by atoms with Crippen molar-refractivity contribution in [1.82, 2.24) is 9.80 Å². The fourth-order valence-corrected chi connectivity index (χ4v) is 4.59. The minimum atomic E-state index is -0.00780. The number of morpholine rings is 1. The Hall–Kier alpha value is -2.12. The van der Waals surface area contributed by atoms with Crippen LogP contribution in [0.3, 0.4) is 0 Å². The minimum Gasteiger partial charge on any atom is -0.459 e. The van der Waals surface area contributed by atoms with E-state index >= 15 is 0 Å². The number of rotatable bonds is 7. The maximum absolute atomic E-state index is 6.32. The summed E-state index contributed by atoms with van der Waals surface area (Å²) < 4.78 is 11.6. The molecule has 1 fully saturated rings. The van der Waals surface area contributed by atoms with E-state index in [1.54, 1.807) is 0 Å². The Balaban J connectivity index is 1.51. The third kappa shape index (κ3) is 5.44. The van der Waals surface area contributed by atoms with Gasteiger partial charge in [-0.3, -0.25) is 4.90 Å². The second-order valence-electron chi connectivity index (χ2n) is 8.21. The predicted octanol–water partition coefficient (Wildman–Crippen LogP) is 5.88. The molecule has 1 saturated heterocycles. The van der Waals surface area contributed by atoms with Gasteiger partial charge < -0.3 is 19.4 Å². The first kappa shape index (κ1) is 23.1. The van der Waals surface area contributed by atoms with Crippen LogP contribution >= 0.6 is 23.8 Å². The van der Waals surface area contributed by atoms with Gasteiger partial charge in [0.05, 0.1) is 19.3 Å². The largest absolute Gasteiger partial charge is 0.459 e. The number of halogens is 1. The van der Waals surface area contributed by atoms with Crippen molar-refractivity contribution < 1.29 is 9.15 Å². The van der Waals surface area contributed by atoms with Crippen LogP contribution < -0.4 is 5.32 Å². The Labute approximate surface area is 200 Å². The van der Waals surface area contributed by atoms with Gasteiger partial charge in [-0.2, -0.15) is 0 Å².